The van der Waals surface area contributed by atoms with E-state index in [0.29, 0.717) is 0 Å². The Morgan fingerprint density at radius 2 is 1.89 bits per heavy atom. The van der Waals surface area contributed by atoms with Crippen molar-refractivity contribution in [1.82, 2.24) is 0 Å². The van der Waals surface area contributed by atoms with Crippen molar-refractivity contribution in [3.8, 4) is 11.8 Å². The molecule has 1 unspecified atom stereocenters. The second-order valence-corrected chi connectivity index (χ2v) is 3.98. The Morgan fingerprint density at radius 1 is 1.16 bits per heavy atom. The van der Waals surface area contributed by atoms with Crippen molar-refractivity contribution in [2.75, 3.05) is 6.54 Å². The third-order valence-corrected chi connectivity index (χ3v) is 2.74. The number of hydrogen-bond donors (Lipinski definition) is 1. The zero-order chi connectivity index (χ0) is 13.7. The van der Waals surface area contributed by atoms with E-state index in [1.165, 1.54) is 12.1 Å². The highest BCUT2D eigenvalue weighted by molar-refractivity contribution is 5.44. The Kier molecular flexibility index (Phi) is 4.11. The highest BCUT2D eigenvalue weighted by atomic mass is 19.1. The molecule has 0 aliphatic carbocycles. The summed E-state index contributed by atoms with van der Waals surface area (Å²) in [4.78, 5) is 0. The lowest BCUT2D eigenvalue weighted by atomic mass is 10.1. The quantitative estimate of drug-likeness (QED) is 0.915. The first kappa shape index (κ1) is 13.1. The highest BCUT2D eigenvalue weighted by Crippen LogP contribution is 2.26. The van der Waals surface area contributed by atoms with Crippen LogP contribution < -0.4 is 10.5 Å². The molecule has 1 atom stereocenters. The van der Waals surface area contributed by atoms with Crippen molar-refractivity contribution < 1.29 is 9.13 Å². The average Bonchev–Trinajstić information content (AvgIpc) is 2.46. The molecule has 0 fully saturated rings. The molecule has 2 N–H and O–H groups in total. The molecule has 3 nitrogen and oxygen atoms in total. The number of nitrogens with zero attached hydrogens (tertiary/aromatic N) is 1. The molecule has 0 heterocycles. The van der Waals surface area contributed by atoms with Gasteiger partial charge in [-0.1, -0.05) is 36.4 Å². The lowest BCUT2D eigenvalue weighted by Gasteiger charge is -2.18. The highest BCUT2D eigenvalue weighted by Gasteiger charge is 2.15. The molecule has 0 aliphatic heterocycles. The first-order valence-corrected chi connectivity index (χ1v) is 5.86. The van der Waals surface area contributed by atoms with E-state index in [1.54, 1.807) is 12.1 Å². The summed E-state index contributed by atoms with van der Waals surface area (Å²) in [6.45, 7) is 0.241. The third kappa shape index (κ3) is 2.90. The van der Waals surface area contributed by atoms with Crippen LogP contribution in [-0.4, -0.2) is 6.54 Å². The SMILES string of the molecule is N#Cc1c(F)cccc1OC(CN)c1ccccc1. The number of nitriles is 1. The topological polar surface area (TPSA) is 59.0 Å². The van der Waals surface area contributed by atoms with E-state index in [0.717, 1.165) is 5.56 Å². The molecule has 0 spiro atoms. The fraction of sp³-hybridized carbons (Fsp3) is 0.133. The number of ether oxygens (including phenoxy) is 1. The van der Waals surface area contributed by atoms with E-state index >= 15 is 0 Å². The summed E-state index contributed by atoms with van der Waals surface area (Å²) in [6.07, 6.45) is -0.407. The minimum atomic E-state index is -0.594. The number of nitrogens with two attached hydrogens (primary N) is 1. The number of rotatable bonds is 4. The monoisotopic (exact) mass is 256 g/mol. The summed E-state index contributed by atoms with van der Waals surface area (Å²) in [5.74, 6) is -0.384. The second-order valence-electron chi connectivity index (χ2n) is 3.98. The van der Waals surface area contributed by atoms with E-state index < -0.39 is 11.9 Å². The van der Waals surface area contributed by atoms with Gasteiger partial charge in [0.2, 0.25) is 0 Å². The third-order valence-electron chi connectivity index (χ3n) is 2.74. The van der Waals surface area contributed by atoms with Gasteiger partial charge in [-0.2, -0.15) is 5.26 Å². The van der Waals surface area contributed by atoms with Crippen molar-refractivity contribution >= 4 is 0 Å². The lowest BCUT2D eigenvalue weighted by molar-refractivity contribution is 0.212. The van der Waals surface area contributed by atoms with Gasteiger partial charge in [0.05, 0.1) is 0 Å². The molecular weight excluding hydrogens is 243 g/mol. The van der Waals surface area contributed by atoms with Crippen LogP contribution in [0.4, 0.5) is 4.39 Å². The van der Waals surface area contributed by atoms with Crippen molar-refractivity contribution in [3.63, 3.8) is 0 Å². The predicted octanol–water partition coefficient (Wildman–Crippen LogP) is 2.78. The van der Waals surface area contributed by atoms with Crippen molar-refractivity contribution in [1.29, 1.82) is 5.26 Å². The fourth-order valence-electron chi connectivity index (χ4n) is 1.78. The summed E-state index contributed by atoms with van der Waals surface area (Å²) in [5.41, 5.74) is 6.47. The zero-order valence-corrected chi connectivity index (χ0v) is 10.2. The number of hydrogen-bond acceptors (Lipinski definition) is 3. The van der Waals surface area contributed by atoms with Gasteiger partial charge in [-0.3, -0.25) is 0 Å². The molecule has 19 heavy (non-hydrogen) atoms. The molecule has 0 radical (unpaired) electrons. The van der Waals surface area contributed by atoms with Crippen LogP contribution in [0.1, 0.15) is 17.2 Å². The van der Waals surface area contributed by atoms with E-state index in [-0.39, 0.29) is 17.9 Å². The van der Waals surface area contributed by atoms with Crippen LogP contribution in [0, 0.1) is 17.1 Å². The fourth-order valence-corrected chi connectivity index (χ4v) is 1.78. The van der Waals surface area contributed by atoms with Crippen molar-refractivity contribution in [2.45, 2.75) is 6.10 Å². The molecule has 0 aromatic heterocycles. The Hall–Kier alpha value is -2.38. The van der Waals surface area contributed by atoms with Gasteiger partial charge in [-0.25, -0.2) is 4.39 Å². The van der Waals surface area contributed by atoms with Gasteiger partial charge in [-0.05, 0) is 17.7 Å². The van der Waals surface area contributed by atoms with Gasteiger partial charge in [0, 0.05) is 6.54 Å². The van der Waals surface area contributed by atoms with Crippen LogP contribution in [0.15, 0.2) is 48.5 Å². The summed E-state index contributed by atoms with van der Waals surface area (Å²) in [6, 6.07) is 15.5. The Morgan fingerprint density at radius 3 is 2.53 bits per heavy atom. The van der Waals surface area contributed by atoms with E-state index in [1.807, 2.05) is 30.3 Å². The Balaban J connectivity index is 2.30. The van der Waals surface area contributed by atoms with Crippen LogP contribution in [0.25, 0.3) is 0 Å². The summed E-state index contributed by atoms with van der Waals surface area (Å²) < 4.78 is 19.1. The Labute approximate surface area is 111 Å². The van der Waals surface area contributed by atoms with Crippen LogP contribution in [-0.2, 0) is 0 Å². The standard InChI is InChI=1S/C15H13FN2O/c16-13-7-4-8-14(12(13)9-17)19-15(10-18)11-5-2-1-3-6-11/h1-8,15H,10,18H2. The molecule has 0 amide bonds. The van der Waals surface area contributed by atoms with Crippen LogP contribution in [0.5, 0.6) is 5.75 Å². The largest absolute Gasteiger partial charge is 0.483 e. The maximum absolute atomic E-state index is 13.5. The van der Waals surface area contributed by atoms with Gasteiger partial charge >= 0.3 is 0 Å². The van der Waals surface area contributed by atoms with Gasteiger partial charge < -0.3 is 10.5 Å². The van der Waals surface area contributed by atoms with Crippen LogP contribution >= 0.6 is 0 Å². The normalized spacial score (nSPS) is 11.6. The molecule has 2 aromatic rings. The predicted molar refractivity (Wildman–Crippen MR) is 70.0 cm³/mol. The van der Waals surface area contributed by atoms with Crippen LogP contribution in [0.2, 0.25) is 0 Å². The van der Waals surface area contributed by atoms with E-state index in [2.05, 4.69) is 0 Å². The van der Waals surface area contributed by atoms with Crippen LogP contribution in [0.3, 0.4) is 0 Å². The molecule has 4 heteroatoms. The molecule has 0 aliphatic rings. The summed E-state index contributed by atoms with van der Waals surface area (Å²) >= 11 is 0. The van der Waals surface area contributed by atoms with Crippen molar-refractivity contribution in [2.24, 2.45) is 5.73 Å². The first-order valence-electron chi connectivity index (χ1n) is 5.86. The maximum atomic E-state index is 13.5. The lowest BCUT2D eigenvalue weighted by Crippen LogP contribution is -2.19. The maximum Gasteiger partial charge on any atom is 0.144 e. The summed E-state index contributed by atoms with van der Waals surface area (Å²) in [5, 5.41) is 8.95. The molecule has 0 saturated carbocycles. The minimum absolute atomic E-state index is 0.100. The molecule has 0 bridgehead atoms. The van der Waals surface area contributed by atoms with Crippen molar-refractivity contribution in [3.05, 3.63) is 65.5 Å². The van der Waals surface area contributed by atoms with E-state index in [9.17, 15) is 4.39 Å². The molecular formula is C15H13FN2O. The van der Waals surface area contributed by atoms with E-state index in [4.69, 9.17) is 15.7 Å². The molecule has 0 saturated heterocycles. The molecule has 2 rings (SSSR count). The van der Waals surface area contributed by atoms with Gasteiger partial charge in [-0.15, -0.1) is 0 Å². The number of halogens is 1. The average molecular weight is 256 g/mol. The second kappa shape index (κ2) is 5.98. The van der Waals surface area contributed by atoms with Gasteiger partial charge in [0.25, 0.3) is 0 Å². The zero-order valence-electron chi connectivity index (χ0n) is 10.2. The smallest absolute Gasteiger partial charge is 0.144 e. The first-order chi connectivity index (χ1) is 9.26. The summed E-state index contributed by atoms with van der Waals surface area (Å²) in [7, 11) is 0. The van der Waals surface area contributed by atoms with Gasteiger partial charge in [0.15, 0.2) is 0 Å². The molecule has 96 valence electrons. The van der Waals surface area contributed by atoms with Gasteiger partial charge in [0.1, 0.15) is 29.3 Å². The minimum Gasteiger partial charge on any atom is -0.483 e. The number of benzene rings is 2. The molecule has 2 aromatic carbocycles. The Bertz CT molecular complexity index is 593.